The Morgan fingerprint density at radius 1 is 1.22 bits per heavy atom. The third-order valence-electron chi connectivity index (χ3n) is 10.2. The molecule has 3 saturated carbocycles. The summed E-state index contributed by atoms with van der Waals surface area (Å²) in [5.41, 5.74) is 10.9. The first-order valence-corrected chi connectivity index (χ1v) is 13.0. The second-order valence-corrected chi connectivity index (χ2v) is 12.4. The molecule has 4 rings (SSSR count). The van der Waals surface area contributed by atoms with Gasteiger partial charge in [0.05, 0.1) is 0 Å². The van der Waals surface area contributed by atoms with E-state index in [0.717, 1.165) is 49.4 Å². The number of allylic oxidation sites excluding steroid dienone is 1. The average Bonchev–Trinajstić information content (AvgIpc) is 3.04. The van der Waals surface area contributed by atoms with Gasteiger partial charge in [0.25, 0.3) is 0 Å². The summed E-state index contributed by atoms with van der Waals surface area (Å²) in [5, 5.41) is 3.99. The monoisotopic (exact) mass is 441 g/mol. The van der Waals surface area contributed by atoms with Crippen molar-refractivity contribution in [1.82, 2.24) is 0 Å². The van der Waals surface area contributed by atoms with Crippen LogP contribution in [0.4, 0.5) is 0 Å². The summed E-state index contributed by atoms with van der Waals surface area (Å²) in [6.07, 6.45) is 15.9. The van der Waals surface area contributed by atoms with E-state index in [9.17, 15) is 4.79 Å². The molecule has 5 nitrogen and oxygen atoms in total. The van der Waals surface area contributed by atoms with Crippen molar-refractivity contribution in [3.05, 3.63) is 22.1 Å². The number of hydrogen-bond acceptors (Lipinski definition) is 3. The highest BCUT2D eigenvalue weighted by Gasteiger charge is 2.58. The van der Waals surface area contributed by atoms with Gasteiger partial charge in [0.1, 0.15) is 6.10 Å². The number of ether oxygens (including phenoxy) is 1. The molecule has 0 aromatic heterocycles. The van der Waals surface area contributed by atoms with Gasteiger partial charge in [0, 0.05) is 23.8 Å². The van der Waals surface area contributed by atoms with Crippen LogP contribution in [-0.4, -0.2) is 17.6 Å². The maximum Gasteiger partial charge on any atom is 0.302 e. The molecule has 7 atom stereocenters. The van der Waals surface area contributed by atoms with Crippen LogP contribution in [-0.2, 0) is 9.53 Å². The molecule has 0 heterocycles. The van der Waals surface area contributed by atoms with Crippen LogP contribution in [0.15, 0.2) is 16.8 Å². The van der Waals surface area contributed by atoms with E-state index in [-0.39, 0.29) is 17.6 Å². The van der Waals surface area contributed by atoms with Gasteiger partial charge in [-0.1, -0.05) is 50.9 Å². The molecule has 0 amide bonds. The van der Waals surface area contributed by atoms with E-state index in [2.05, 4.69) is 43.8 Å². The predicted octanol–water partition coefficient (Wildman–Crippen LogP) is 7.76. The summed E-state index contributed by atoms with van der Waals surface area (Å²) >= 11 is 0. The molecule has 0 N–H and O–H groups in total. The number of azide groups is 1. The van der Waals surface area contributed by atoms with Crippen molar-refractivity contribution < 1.29 is 9.53 Å². The Morgan fingerprint density at radius 3 is 2.72 bits per heavy atom. The molecule has 0 saturated heterocycles. The van der Waals surface area contributed by atoms with E-state index in [1.165, 1.54) is 51.9 Å². The molecule has 0 spiro atoms. The van der Waals surface area contributed by atoms with Crippen LogP contribution >= 0.6 is 0 Å². The Bertz CT molecular complexity index is 814. The summed E-state index contributed by atoms with van der Waals surface area (Å²) in [6, 6.07) is 0. The van der Waals surface area contributed by atoms with Crippen LogP contribution in [0.5, 0.6) is 0 Å². The van der Waals surface area contributed by atoms with Gasteiger partial charge in [-0.3, -0.25) is 4.79 Å². The molecule has 32 heavy (non-hydrogen) atoms. The number of rotatable bonds is 6. The first-order valence-electron chi connectivity index (χ1n) is 13.0. The predicted molar refractivity (Wildman–Crippen MR) is 128 cm³/mol. The van der Waals surface area contributed by atoms with Gasteiger partial charge >= 0.3 is 5.97 Å². The van der Waals surface area contributed by atoms with Gasteiger partial charge < -0.3 is 4.74 Å². The fourth-order valence-electron chi connectivity index (χ4n) is 8.50. The molecule has 0 aliphatic heterocycles. The normalized spacial score (nSPS) is 40.9. The lowest BCUT2D eigenvalue weighted by Gasteiger charge is -2.58. The molecule has 0 aromatic carbocycles. The standard InChI is InChI=1S/C27H43N3O2/c1-18(31)32-21-12-15-27(5)20(17-21)8-10-22-23-11-9-19(26(23,4)16-13-24(22)27)7-6-14-25(2,3)29-30-28/h8,19,21-24H,6-7,9-17H2,1-5H3/t19-,21-,22?,23?,24?,26+,27-/m0/s1. The number of fused-ring (bicyclic) bond motifs is 5. The van der Waals surface area contributed by atoms with Crippen molar-refractivity contribution in [3.63, 3.8) is 0 Å². The Kier molecular flexibility index (Phi) is 6.44. The summed E-state index contributed by atoms with van der Waals surface area (Å²) in [6.45, 7) is 10.8. The van der Waals surface area contributed by atoms with Crippen LogP contribution in [0.3, 0.4) is 0 Å². The minimum absolute atomic E-state index is 0.0858. The second kappa shape index (κ2) is 8.70. The van der Waals surface area contributed by atoms with E-state index in [1.807, 2.05) is 0 Å². The minimum Gasteiger partial charge on any atom is -0.462 e. The maximum absolute atomic E-state index is 11.5. The highest BCUT2D eigenvalue weighted by atomic mass is 16.5. The second-order valence-electron chi connectivity index (χ2n) is 12.4. The first-order chi connectivity index (χ1) is 15.1. The largest absolute Gasteiger partial charge is 0.462 e. The van der Waals surface area contributed by atoms with Crippen molar-refractivity contribution in [2.75, 3.05) is 0 Å². The van der Waals surface area contributed by atoms with E-state index < -0.39 is 0 Å². The highest BCUT2D eigenvalue weighted by Crippen LogP contribution is 2.66. The minimum atomic E-state index is -0.268. The van der Waals surface area contributed by atoms with Gasteiger partial charge in [-0.2, -0.15) is 0 Å². The lowest BCUT2D eigenvalue weighted by Crippen LogP contribution is -2.50. The third kappa shape index (κ3) is 4.22. The first kappa shape index (κ1) is 23.7. The fraction of sp³-hybridized carbons (Fsp3) is 0.889. The lowest BCUT2D eigenvalue weighted by molar-refractivity contribution is -0.148. The summed E-state index contributed by atoms with van der Waals surface area (Å²) in [4.78, 5) is 14.5. The van der Waals surface area contributed by atoms with Crippen molar-refractivity contribution in [2.45, 2.75) is 117 Å². The SMILES string of the molecule is CC(=O)O[C@H]1CC[C@@]2(C)C(=CCC3C2CC[C@@]2(C)C3CC[C@@H]2CCCC(C)(C)N=[N+]=[N-])C1. The van der Waals surface area contributed by atoms with Crippen LogP contribution in [0, 0.1) is 34.5 Å². The third-order valence-corrected chi connectivity index (χ3v) is 10.2. The number of carbonyl (C=O) groups excluding carboxylic acids is 1. The Labute approximate surface area is 194 Å². The smallest absolute Gasteiger partial charge is 0.302 e. The van der Waals surface area contributed by atoms with Gasteiger partial charge in [0.2, 0.25) is 0 Å². The molecule has 0 radical (unpaired) electrons. The molecule has 4 aliphatic rings. The molecule has 5 heteroatoms. The zero-order valence-corrected chi connectivity index (χ0v) is 20.9. The van der Waals surface area contributed by atoms with Gasteiger partial charge in [0.15, 0.2) is 0 Å². The quantitative estimate of drug-likeness (QED) is 0.139. The van der Waals surface area contributed by atoms with Gasteiger partial charge in [-0.25, -0.2) is 0 Å². The summed E-state index contributed by atoms with van der Waals surface area (Å²) in [7, 11) is 0. The maximum atomic E-state index is 11.5. The summed E-state index contributed by atoms with van der Waals surface area (Å²) < 4.78 is 5.59. The molecule has 3 unspecified atom stereocenters. The number of hydrogen-bond donors (Lipinski definition) is 0. The fourth-order valence-corrected chi connectivity index (χ4v) is 8.50. The zero-order chi connectivity index (χ0) is 23.1. The highest BCUT2D eigenvalue weighted by molar-refractivity contribution is 5.66. The molecule has 178 valence electrons. The number of nitrogens with zero attached hydrogens (tertiary/aromatic N) is 3. The number of carbonyl (C=O) groups is 1. The Hall–Kier alpha value is -1.48. The summed E-state index contributed by atoms with van der Waals surface area (Å²) in [5.74, 6) is 3.13. The zero-order valence-electron chi connectivity index (χ0n) is 20.9. The molecule has 0 bridgehead atoms. The topological polar surface area (TPSA) is 75.1 Å². The van der Waals surface area contributed by atoms with Crippen LogP contribution in [0.1, 0.15) is 105 Å². The Morgan fingerprint density at radius 2 is 2.00 bits per heavy atom. The van der Waals surface area contributed by atoms with Crippen molar-refractivity contribution in [3.8, 4) is 0 Å². The number of esters is 1. The van der Waals surface area contributed by atoms with Crippen molar-refractivity contribution in [1.29, 1.82) is 0 Å². The van der Waals surface area contributed by atoms with Crippen LogP contribution in [0.2, 0.25) is 0 Å². The lowest BCUT2D eigenvalue weighted by atomic mass is 9.47. The van der Waals surface area contributed by atoms with Crippen LogP contribution in [0.25, 0.3) is 10.4 Å². The van der Waals surface area contributed by atoms with E-state index in [4.69, 9.17) is 10.3 Å². The van der Waals surface area contributed by atoms with Crippen LogP contribution < -0.4 is 0 Å². The average molecular weight is 442 g/mol. The molecule has 3 fully saturated rings. The van der Waals surface area contributed by atoms with Crippen molar-refractivity contribution in [2.24, 2.45) is 39.6 Å². The van der Waals surface area contributed by atoms with E-state index >= 15 is 0 Å². The molecular formula is C27H43N3O2. The van der Waals surface area contributed by atoms with Gasteiger partial charge in [-0.05, 0) is 97.8 Å². The molecule has 4 aliphatic carbocycles. The molecule has 0 aromatic rings. The van der Waals surface area contributed by atoms with E-state index in [0.29, 0.717) is 10.8 Å². The van der Waals surface area contributed by atoms with Gasteiger partial charge in [-0.15, -0.1) is 0 Å². The molecular weight excluding hydrogens is 398 g/mol. The Balaban J connectivity index is 1.44. The van der Waals surface area contributed by atoms with E-state index in [1.54, 1.807) is 5.57 Å². The van der Waals surface area contributed by atoms with Crippen molar-refractivity contribution >= 4 is 5.97 Å².